The second-order valence-electron chi connectivity index (χ2n) is 6.20. The molecule has 6 heteroatoms. The lowest BCUT2D eigenvalue weighted by Gasteiger charge is -2.28. The maximum Gasteiger partial charge on any atom is 0.242 e. The number of likely N-dealkylation sites (N-methyl/N-ethyl adjacent to an activating group) is 1. The summed E-state index contributed by atoms with van der Waals surface area (Å²) < 4.78 is 0.955. The molecule has 0 fully saturated rings. The van der Waals surface area contributed by atoms with Gasteiger partial charge in [0, 0.05) is 23.3 Å². The maximum absolute atomic E-state index is 12.9. The monoisotopic (exact) mass is 448 g/mol. The molecule has 0 aliphatic carbocycles. The van der Waals surface area contributed by atoms with Gasteiger partial charge in [0.2, 0.25) is 11.8 Å². The third kappa shape index (κ3) is 7.03. The number of carbonyl (C=O) groups excluding carboxylic acids is 2. The van der Waals surface area contributed by atoms with Crippen molar-refractivity contribution in [3.63, 3.8) is 0 Å². The Morgan fingerprint density at radius 1 is 1.11 bits per heavy atom. The average Bonchev–Trinajstić information content (AvgIpc) is 2.66. The van der Waals surface area contributed by atoms with E-state index in [-0.39, 0.29) is 11.8 Å². The van der Waals surface area contributed by atoms with Crippen molar-refractivity contribution in [2.24, 2.45) is 0 Å². The van der Waals surface area contributed by atoms with Gasteiger partial charge in [-0.3, -0.25) is 9.59 Å². The Morgan fingerprint density at radius 2 is 1.81 bits per heavy atom. The summed E-state index contributed by atoms with van der Waals surface area (Å²) in [5.41, 5.74) is 2.17. The van der Waals surface area contributed by atoms with Gasteiger partial charge in [0.05, 0.1) is 5.75 Å². The van der Waals surface area contributed by atoms with Gasteiger partial charge < -0.3 is 10.2 Å². The van der Waals surface area contributed by atoms with Gasteiger partial charge >= 0.3 is 0 Å². The van der Waals surface area contributed by atoms with Gasteiger partial charge in [0.25, 0.3) is 0 Å². The van der Waals surface area contributed by atoms with E-state index in [9.17, 15) is 9.59 Å². The van der Waals surface area contributed by atoms with E-state index in [1.807, 2.05) is 61.5 Å². The molecule has 2 rings (SSSR count). The van der Waals surface area contributed by atoms with Gasteiger partial charge in [-0.05, 0) is 37.1 Å². The van der Waals surface area contributed by atoms with Gasteiger partial charge in [-0.15, -0.1) is 11.8 Å². The van der Waals surface area contributed by atoms with Crippen molar-refractivity contribution < 1.29 is 9.59 Å². The second kappa shape index (κ2) is 11.1. The number of carbonyl (C=O) groups is 2. The van der Waals surface area contributed by atoms with Crippen LogP contribution in [0.4, 0.5) is 0 Å². The molecule has 1 N–H and O–H groups in total. The quantitative estimate of drug-likeness (QED) is 0.623. The highest BCUT2D eigenvalue weighted by molar-refractivity contribution is 9.10. The van der Waals surface area contributed by atoms with Gasteiger partial charge in [0.1, 0.15) is 6.04 Å². The van der Waals surface area contributed by atoms with E-state index >= 15 is 0 Å². The molecular formula is C21H25BrN2O2S. The van der Waals surface area contributed by atoms with Crippen LogP contribution in [0.2, 0.25) is 0 Å². The van der Waals surface area contributed by atoms with Crippen LogP contribution in [-0.2, 0) is 21.9 Å². The van der Waals surface area contributed by atoms with Crippen LogP contribution in [0, 0.1) is 0 Å². The Morgan fingerprint density at radius 3 is 2.48 bits per heavy atom. The zero-order valence-electron chi connectivity index (χ0n) is 15.7. The molecule has 0 saturated heterocycles. The van der Waals surface area contributed by atoms with E-state index in [0.717, 1.165) is 15.8 Å². The minimum Gasteiger partial charge on any atom is -0.355 e. The van der Waals surface area contributed by atoms with Crippen molar-refractivity contribution in [2.45, 2.75) is 32.2 Å². The van der Waals surface area contributed by atoms with E-state index in [2.05, 4.69) is 21.2 Å². The highest BCUT2D eigenvalue weighted by Gasteiger charge is 2.25. The van der Waals surface area contributed by atoms with Crippen LogP contribution in [0.5, 0.6) is 0 Å². The predicted molar refractivity (Wildman–Crippen MR) is 115 cm³/mol. The Kier molecular flexibility index (Phi) is 8.88. The van der Waals surface area contributed by atoms with Gasteiger partial charge in [-0.1, -0.05) is 58.4 Å². The first-order chi connectivity index (χ1) is 13.0. The van der Waals surface area contributed by atoms with Crippen molar-refractivity contribution in [1.82, 2.24) is 10.2 Å². The summed E-state index contributed by atoms with van der Waals surface area (Å²) in [6, 6.07) is 17.4. The lowest BCUT2D eigenvalue weighted by molar-refractivity contribution is -0.138. The van der Waals surface area contributed by atoms with E-state index in [4.69, 9.17) is 0 Å². The molecule has 1 atom stereocenters. The Bertz CT molecular complexity index is 755. The van der Waals surface area contributed by atoms with Crippen LogP contribution in [0.25, 0.3) is 0 Å². The molecular weight excluding hydrogens is 424 g/mol. The highest BCUT2D eigenvalue weighted by atomic mass is 79.9. The Hall–Kier alpha value is -1.79. The predicted octanol–water partition coefficient (Wildman–Crippen LogP) is 4.24. The molecule has 0 heterocycles. The first kappa shape index (κ1) is 21.5. The van der Waals surface area contributed by atoms with E-state index in [1.54, 1.807) is 23.6 Å². The lowest BCUT2D eigenvalue weighted by Crippen LogP contribution is -2.48. The lowest BCUT2D eigenvalue weighted by atomic mass is 10.1. The van der Waals surface area contributed by atoms with Gasteiger partial charge in [-0.2, -0.15) is 0 Å². The molecule has 2 amide bonds. The zero-order chi connectivity index (χ0) is 19.6. The van der Waals surface area contributed by atoms with Crippen LogP contribution < -0.4 is 5.32 Å². The standard InChI is InChI=1S/C21H25BrN2O2S/c1-3-23-21(26)16(2)24(13-18-10-7-11-19(22)12-18)20(25)15-27-14-17-8-5-4-6-9-17/h4-12,16H,3,13-15H2,1-2H3,(H,23,26)/t16-/m1/s1. The van der Waals surface area contributed by atoms with Crippen LogP contribution in [-0.4, -0.2) is 35.1 Å². The summed E-state index contributed by atoms with van der Waals surface area (Å²) in [4.78, 5) is 26.9. The van der Waals surface area contributed by atoms with E-state index in [1.165, 1.54) is 5.56 Å². The number of amides is 2. The number of hydrogen-bond donors (Lipinski definition) is 1. The molecule has 0 aliphatic rings. The summed E-state index contributed by atoms with van der Waals surface area (Å²) in [6.07, 6.45) is 0. The molecule has 0 aliphatic heterocycles. The molecule has 2 aromatic carbocycles. The molecule has 2 aromatic rings. The zero-order valence-corrected chi connectivity index (χ0v) is 18.1. The van der Waals surface area contributed by atoms with Crippen molar-refractivity contribution in [1.29, 1.82) is 0 Å². The third-order valence-corrected chi connectivity index (χ3v) is 5.58. The molecule has 0 saturated carbocycles. The van der Waals surface area contributed by atoms with Crippen LogP contribution >= 0.6 is 27.7 Å². The molecule has 4 nitrogen and oxygen atoms in total. The van der Waals surface area contributed by atoms with Crippen LogP contribution in [0.3, 0.4) is 0 Å². The second-order valence-corrected chi connectivity index (χ2v) is 8.10. The first-order valence-corrected chi connectivity index (χ1v) is 10.9. The minimum absolute atomic E-state index is 0.0327. The highest BCUT2D eigenvalue weighted by Crippen LogP contribution is 2.18. The number of thioether (sulfide) groups is 1. The smallest absolute Gasteiger partial charge is 0.242 e. The van der Waals surface area contributed by atoms with Crippen molar-refractivity contribution in [3.8, 4) is 0 Å². The van der Waals surface area contributed by atoms with Crippen LogP contribution in [0.1, 0.15) is 25.0 Å². The summed E-state index contributed by atoms with van der Waals surface area (Å²) in [6.45, 7) is 4.61. The molecule has 0 radical (unpaired) electrons. The number of halogens is 1. The molecule has 0 unspecified atom stereocenters. The van der Waals surface area contributed by atoms with Crippen molar-refractivity contribution in [3.05, 3.63) is 70.2 Å². The Labute approximate surface area is 173 Å². The first-order valence-electron chi connectivity index (χ1n) is 8.94. The number of nitrogens with one attached hydrogen (secondary N) is 1. The number of hydrogen-bond acceptors (Lipinski definition) is 3. The van der Waals surface area contributed by atoms with Crippen molar-refractivity contribution >= 4 is 39.5 Å². The van der Waals surface area contributed by atoms with Gasteiger partial charge in [0.15, 0.2) is 0 Å². The van der Waals surface area contributed by atoms with Crippen molar-refractivity contribution in [2.75, 3.05) is 12.3 Å². The number of rotatable bonds is 9. The summed E-state index contributed by atoms with van der Waals surface area (Å²) >= 11 is 5.03. The Balaban J connectivity index is 2.05. The topological polar surface area (TPSA) is 49.4 Å². The van der Waals surface area contributed by atoms with Gasteiger partial charge in [-0.25, -0.2) is 0 Å². The molecule has 0 aromatic heterocycles. The average molecular weight is 449 g/mol. The summed E-state index contributed by atoms with van der Waals surface area (Å²) in [7, 11) is 0. The minimum atomic E-state index is -0.520. The van der Waals surface area contributed by atoms with E-state index in [0.29, 0.717) is 18.8 Å². The summed E-state index contributed by atoms with van der Waals surface area (Å²) in [5.74, 6) is 0.947. The SMILES string of the molecule is CCNC(=O)[C@@H](C)N(Cc1cccc(Br)c1)C(=O)CSCc1ccccc1. The summed E-state index contributed by atoms with van der Waals surface area (Å²) in [5, 5.41) is 2.81. The van der Waals surface area contributed by atoms with Crippen LogP contribution in [0.15, 0.2) is 59.1 Å². The fourth-order valence-corrected chi connectivity index (χ4v) is 3.97. The number of nitrogens with zero attached hydrogens (tertiary/aromatic N) is 1. The fourth-order valence-electron chi connectivity index (χ4n) is 2.65. The number of benzene rings is 2. The molecule has 0 spiro atoms. The molecule has 144 valence electrons. The van der Waals surface area contributed by atoms with E-state index < -0.39 is 6.04 Å². The third-order valence-electron chi connectivity index (χ3n) is 4.10. The fraction of sp³-hybridized carbons (Fsp3) is 0.333. The maximum atomic E-state index is 12.9. The largest absolute Gasteiger partial charge is 0.355 e. The molecule has 27 heavy (non-hydrogen) atoms. The normalized spacial score (nSPS) is 11.7. The molecule has 0 bridgehead atoms.